The molecule has 0 radical (unpaired) electrons. The van der Waals surface area contributed by atoms with Crippen molar-refractivity contribution in [2.75, 3.05) is 31.6 Å². The van der Waals surface area contributed by atoms with Gasteiger partial charge >= 0.3 is 0 Å². The van der Waals surface area contributed by atoms with E-state index in [1.54, 1.807) is 0 Å². The Morgan fingerprint density at radius 3 is 2.79 bits per heavy atom. The van der Waals surface area contributed by atoms with E-state index in [2.05, 4.69) is 22.3 Å². The molecule has 2 fully saturated rings. The summed E-state index contributed by atoms with van der Waals surface area (Å²) in [5, 5.41) is 12.3. The minimum Gasteiger partial charge on any atom is -0.396 e. The number of nitrogens with one attached hydrogen (secondary N) is 1. The van der Waals surface area contributed by atoms with Gasteiger partial charge in [0.15, 0.2) is 0 Å². The minimum absolute atomic E-state index is 0.000929. The van der Waals surface area contributed by atoms with Gasteiger partial charge in [-0.2, -0.15) is 0 Å². The quantitative estimate of drug-likeness (QED) is 0.868. The summed E-state index contributed by atoms with van der Waals surface area (Å²) in [7, 11) is 0. The van der Waals surface area contributed by atoms with Gasteiger partial charge < -0.3 is 15.2 Å². The van der Waals surface area contributed by atoms with Gasteiger partial charge in [-0.1, -0.05) is 12.1 Å². The second kappa shape index (κ2) is 8.10. The Kier molecular flexibility index (Phi) is 5.87. The summed E-state index contributed by atoms with van der Waals surface area (Å²) in [5.74, 6) is 0.467. The fraction of sp³-hybridized carbons (Fsp3) is 0.632. The number of aliphatic hydroxyl groups excluding tert-OH is 1. The van der Waals surface area contributed by atoms with Crippen LogP contribution in [-0.4, -0.2) is 48.3 Å². The molecule has 1 aromatic carbocycles. The molecule has 2 aliphatic heterocycles. The molecule has 24 heavy (non-hydrogen) atoms. The highest BCUT2D eigenvalue weighted by Gasteiger charge is 2.30. The van der Waals surface area contributed by atoms with Crippen LogP contribution in [0.4, 0.5) is 5.69 Å². The Hall–Kier alpha value is -1.43. The SMILES string of the molecule is CC1OCCC1C(=O)Nc1cccc(CN2CCC(CO)CC2)c1. The maximum absolute atomic E-state index is 12.4. The Morgan fingerprint density at radius 2 is 2.12 bits per heavy atom. The van der Waals surface area contributed by atoms with E-state index in [0.29, 0.717) is 19.1 Å². The van der Waals surface area contributed by atoms with Crippen molar-refractivity contribution in [2.45, 2.75) is 38.8 Å². The van der Waals surface area contributed by atoms with E-state index < -0.39 is 0 Å². The van der Waals surface area contributed by atoms with Gasteiger partial charge in [0, 0.05) is 25.4 Å². The molecule has 0 aromatic heterocycles. The van der Waals surface area contributed by atoms with Crippen LogP contribution >= 0.6 is 0 Å². The molecular weight excluding hydrogens is 304 g/mol. The largest absolute Gasteiger partial charge is 0.396 e. The molecule has 5 heteroatoms. The number of aliphatic hydroxyl groups is 1. The first-order chi connectivity index (χ1) is 11.7. The summed E-state index contributed by atoms with van der Waals surface area (Å²) in [6, 6.07) is 8.12. The molecule has 2 N–H and O–H groups in total. The van der Waals surface area contributed by atoms with Crippen molar-refractivity contribution >= 4 is 11.6 Å². The second-order valence-corrected chi connectivity index (χ2v) is 7.06. The van der Waals surface area contributed by atoms with Crippen LogP contribution in [0.15, 0.2) is 24.3 Å². The van der Waals surface area contributed by atoms with Crippen molar-refractivity contribution in [3.63, 3.8) is 0 Å². The average Bonchev–Trinajstić information content (AvgIpc) is 3.02. The summed E-state index contributed by atoms with van der Waals surface area (Å²) in [6.07, 6.45) is 2.92. The predicted molar refractivity (Wildman–Crippen MR) is 93.7 cm³/mol. The molecule has 132 valence electrons. The van der Waals surface area contributed by atoms with E-state index in [0.717, 1.165) is 44.6 Å². The van der Waals surface area contributed by atoms with Crippen molar-refractivity contribution in [1.82, 2.24) is 4.90 Å². The molecule has 1 amide bonds. The molecule has 2 aliphatic rings. The topological polar surface area (TPSA) is 61.8 Å². The first kappa shape index (κ1) is 17.4. The third kappa shape index (κ3) is 4.35. The lowest BCUT2D eigenvalue weighted by Gasteiger charge is -2.31. The van der Waals surface area contributed by atoms with Crippen LogP contribution in [0.2, 0.25) is 0 Å². The summed E-state index contributed by atoms with van der Waals surface area (Å²) in [5.41, 5.74) is 2.08. The number of carbonyl (C=O) groups excluding carboxylic acids is 1. The normalized spacial score (nSPS) is 25.8. The number of amides is 1. The number of anilines is 1. The van der Waals surface area contributed by atoms with Crippen LogP contribution < -0.4 is 5.32 Å². The summed E-state index contributed by atoms with van der Waals surface area (Å²) in [6.45, 7) is 5.88. The van der Waals surface area contributed by atoms with Crippen LogP contribution in [0.5, 0.6) is 0 Å². The van der Waals surface area contributed by atoms with E-state index in [4.69, 9.17) is 4.74 Å². The van der Waals surface area contributed by atoms with Gasteiger partial charge in [-0.05, 0) is 62.9 Å². The van der Waals surface area contributed by atoms with Gasteiger partial charge in [0.1, 0.15) is 0 Å². The van der Waals surface area contributed by atoms with Gasteiger partial charge in [-0.15, -0.1) is 0 Å². The predicted octanol–water partition coefficient (Wildman–Crippen LogP) is 2.25. The number of likely N-dealkylation sites (tertiary alicyclic amines) is 1. The highest BCUT2D eigenvalue weighted by molar-refractivity contribution is 5.93. The van der Waals surface area contributed by atoms with Crippen LogP contribution in [0.3, 0.4) is 0 Å². The first-order valence-corrected chi connectivity index (χ1v) is 9.00. The fourth-order valence-corrected chi connectivity index (χ4v) is 3.64. The van der Waals surface area contributed by atoms with Crippen molar-refractivity contribution in [3.05, 3.63) is 29.8 Å². The molecule has 2 unspecified atom stereocenters. The molecule has 1 aromatic rings. The zero-order chi connectivity index (χ0) is 16.9. The maximum atomic E-state index is 12.4. The highest BCUT2D eigenvalue weighted by atomic mass is 16.5. The third-order valence-corrected chi connectivity index (χ3v) is 5.28. The van der Waals surface area contributed by atoms with Gasteiger partial charge in [0.05, 0.1) is 12.0 Å². The molecule has 0 saturated carbocycles. The van der Waals surface area contributed by atoms with Gasteiger partial charge in [-0.25, -0.2) is 0 Å². The van der Waals surface area contributed by atoms with Crippen molar-refractivity contribution in [2.24, 2.45) is 11.8 Å². The zero-order valence-corrected chi connectivity index (χ0v) is 14.4. The number of carbonyl (C=O) groups is 1. The Balaban J connectivity index is 1.55. The third-order valence-electron chi connectivity index (χ3n) is 5.28. The number of nitrogens with zero attached hydrogens (tertiary/aromatic N) is 1. The lowest BCUT2D eigenvalue weighted by molar-refractivity contribution is -0.121. The van der Waals surface area contributed by atoms with Crippen LogP contribution in [0, 0.1) is 11.8 Å². The molecule has 2 heterocycles. The first-order valence-electron chi connectivity index (χ1n) is 9.00. The smallest absolute Gasteiger partial charge is 0.230 e. The van der Waals surface area contributed by atoms with E-state index in [9.17, 15) is 9.90 Å². The molecule has 5 nitrogen and oxygen atoms in total. The standard InChI is InChI=1S/C19H28N2O3/c1-14-18(7-10-24-14)19(23)20-17-4-2-3-16(11-17)12-21-8-5-15(13-22)6-9-21/h2-4,11,14-15,18,22H,5-10,12-13H2,1H3,(H,20,23). The van der Waals surface area contributed by atoms with E-state index in [1.165, 1.54) is 5.56 Å². The zero-order valence-electron chi connectivity index (χ0n) is 14.4. The molecule has 0 bridgehead atoms. The molecule has 0 spiro atoms. The van der Waals surface area contributed by atoms with Gasteiger partial charge in [0.25, 0.3) is 0 Å². The number of rotatable bonds is 5. The average molecular weight is 332 g/mol. The maximum Gasteiger partial charge on any atom is 0.230 e. The number of hydrogen-bond donors (Lipinski definition) is 2. The number of benzene rings is 1. The lowest BCUT2D eigenvalue weighted by atomic mass is 9.97. The van der Waals surface area contributed by atoms with Crippen molar-refractivity contribution in [1.29, 1.82) is 0 Å². The van der Waals surface area contributed by atoms with E-state index in [1.807, 2.05) is 19.1 Å². The minimum atomic E-state index is -0.0498. The van der Waals surface area contributed by atoms with Crippen molar-refractivity contribution in [3.8, 4) is 0 Å². The summed E-state index contributed by atoms with van der Waals surface area (Å²) in [4.78, 5) is 14.8. The Bertz CT molecular complexity index is 555. The van der Waals surface area contributed by atoms with Crippen LogP contribution in [0.1, 0.15) is 31.7 Å². The van der Waals surface area contributed by atoms with Gasteiger partial charge in [-0.3, -0.25) is 9.69 Å². The molecule has 0 aliphatic carbocycles. The second-order valence-electron chi connectivity index (χ2n) is 7.06. The summed E-state index contributed by atoms with van der Waals surface area (Å²) >= 11 is 0. The van der Waals surface area contributed by atoms with E-state index in [-0.39, 0.29) is 17.9 Å². The lowest BCUT2D eigenvalue weighted by Crippen LogP contribution is -2.34. The molecule has 2 saturated heterocycles. The monoisotopic (exact) mass is 332 g/mol. The molecule has 3 rings (SSSR count). The fourth-order valence-electron chi connectivity index (χ4n) is 3.64. The molecule has 2 atom stereocenters. The Morgan fingerprint density at radius 1 is 1.33 bits per heavy atom. The van der Waals surface area contributed by atoms with Crippen LogP contribution in [0.25, 0.3) is 0 Å². The highest BCUT2D eigenvalue weighted by Crippen LogP contribution is 2.23. The van der Waals surface area contributed by atoms with Crippen LogP contribution in [-0.2, 0) is 16.1 Å². The van der Waals surface area contributed by atoms with Gasteiger partial charge in [0.2, 0.25) is 5.91 Å². The molecular formula is C19H28N2O3. The van der Waals surface area contributed by atoms with E-state index >= 15 is 0 Å². The van der Waals surface area contributed by atoms with Crippen molar-refractivity contribution < 1.29 is 14.6 Å². The number of ether oxygens (including phenoxy) is 1. The number of piperidine rings is 1. The Labute approximate surface area is 144 Å². The number of hydrogen-bond acceptors (Lipinski definition) is 4. The summed E-state index contributed by atoms with van der Waals surface area (Å²) < 4.78 is 5.48.